The molecule has 0 bridgehead atoms. The van der Waals surface area contributed by atoms with E-state index >= 15 is 0 Å². The number of likely N-dealkylation sites (N-methyl/N-ethyl adjacent to an activating group) is 1. The second kappa shape index (κ2) is 7.44. The third kappa shape index (κ3) is 3.22. The predicted molar refractivity (Wildman–Crippen MR) is 114 cm³/mol. The summed E-state index contributed by atoms with van der Waals surface area (Å²) in [6, 6.07) is 12.6. The first-order valence-corrected chi connectivity index (χ1v) is 10.4. The first-order valence-electron chi connectivity index (χ1n) is 8.73. The summed E-state index contributed by atoms with van der Waals surface area (Å²) in [5.74, 6) is 0.873. The highest BCUT2D eigenvalue weighted by molar-refractivity contribution is 8.19. The molecule has 1 fully saturated rings. The minimum absolute atomic E-state index is 0.0551. The molecule has 2 heterocycles. The number of amidine groups is 1. The average molecular weight is 414 g/mol. The topological polar surface area (TPSA) is 65.4 Å². The largest absolute Gasteiger partial charge is 0.508 e. The Morgan fingerprint density at radius 1 is 1.18 bits per heavy atom. The number of carbonyl (C=O) groups excluding carboxylic acids is 1. The molecule has 0 unspecified atom stereocenters. The summed E-state index contributed by atoms with van der Waals surface area (Å²) in [6.07, 6.45) is 0. The van der Waals surface area contributed by atoms with Crippen molar-refractivity contribution in [2.24, 2.45) is 4.99 Å². The van der Waals surface area contributed by atoms with E-state index < -0.39 is 0 Å². The molecule has 1 saturated heterocycles. The van der Waals surface area contributed by atoms with E-state index in [1.165, 1.54) is 11.8 Å². The van der Waals surface area contributed by atoms with Crippen LogP contribution in [0.4, 0.5) is 11.4 Å². The molecule has 6 nitrogen and oxygen atoms in total. The van der Waals surface area contributed by atoms with Crippen LogP contribution in [0.2, 0.25) is 0 Å². The number of amides is 1. The standard InChI is InChI=1S/C20H19N3O3S2/c1-4-23-18(25)17(28-20(23)21-12-6-5-7-13(24)10-12)19-22(2)15-11-14(26-3)8-9-16(15)27-19/h5-11,24H,4H2,1-3H3/b19-17-,21-20?. The molecule has 2 aromatic rings. The van der Waals surface area contributed by atoms with Crippen LogP contribution in [0.5, 0.6) is 11.5 Å². The van der Waals surface area contributed by atoms with Crippen LogP contribution in [0.15, 0.2) is 62.3 Å². The number of rotatable bonds is 3. The molecular formula is C20H19N3O3S2. The van der Waals surface area contributed by atoms with Gasteiger partial charge in [-0.3, -0.25) is 9.69 Å². The van der Waals surface area contributed by atoms with Gasteiger partial charge >= 0.3 is 0 Å². The van der Waals surface area contributed by atoms with Gasteiger partial charge < -0.3 is 14.7 Å². The number of nitrogens with zero attached hydrogens (tertiary/aromatic N) is 3. The number of carbonyl (C=O) groups is 1. The van der Waals surface area contributed by atoms with Gasteiger partial charge in [0.15, 0.2) is 5.17 Å². The molecule has 0 aliphatic carbocycles. The average Bonchev–Trinajstić information content (AvgIpc) is 3.17. The van der Waals surface area contributed by atoms with Crippen LogP contribution in [0.3, 0.4) is 0 Å². The lowest BCUT2D eigenvalue weighted by atomic mass is 10.3. The number of methoxy groups -OCH3 is 1. The molecule has 4 rings (SSSR count). The Kier molecular flexibility index (Phi) is 4.99. The Bertz CT molecular complexity index is 1020. The smallest absolute Gasteiger partial charge is 0.269 e. The Morgan fingerprint density at radius 2 is 2.00 bits per heavy atom. The summed E-state index contributed by atoms with van der Waals surface area (Å²) in [5, 5.41) is 11.2. The van der Waals surface area contributed by atoms with Crippen LogP contribution in [0, 0.1) is 0 Å². The van der Waals surface area contributed by atoms with Gasteiger partial charge in [-0.2, -0.15) is 0 Å². The van der Waals surface area contributed by atoms with Crippen molar-refractivity contribution in [3.05, 3.63) is 52.4 Å². The van der Waals surface area contributed by atoms with E-state index in [1.54, 1.807) is 48.0 Å². The maximum absolute atomic E-state index is 13.1. The van der Waals surface area contributed by atoms with Crippen LogP contribution in [0.25, 0.3) is 0 Å². The van der Waals surface area contributed by atoms with E-state index in [-0.39, 0.29) is 11.7 Å². The number of anilines is 1. The zero-order valence-electron chi connectivity index (χ0n) is 15.7. The summed E-state index contributed by atoms with van der Waals surface area (Å²) in [6.45, 7) is 2.45. The van der Waals surface area contributed by atoms with Crippen molar-refractivity contribution < 1.29 is 14.6 Å². The molecule has 144 valence electrons. The van der Waals surface area contributed by atoms with Crippen molar-refractivity contribution >= 4 is 46.0 Å². The summed E-state index contributed by atoms with van der Waals surface area (Å²) in [5.41, 5.74) is 1.63. The zero-order chi connectivity index (χ0) is 19.8. The van der Waals surface area contributed by atoms with E-state index in [9.17, 15) is 9.90 Å². The number of aliphatic imine (C=N–C) groups is 1. The van der Waals surface area contributed by atoms with E-state index in [1.807, 2.05) is 37.1 Å². The number of aromatic hydroxyl groups is 1. The molecular weight excluding hydrogens is 394 g/mol. The van der Waals surface area contributed by atoms with Crippen LogP contribution in [-0.2, 0) is 4.79 Å². The van der Waals surface area contributed by atoms with Gasteiger partial charge in [-0.1, -0.05) is 17.8 Å². The Hall–Kier alpha value is -2.58. The number of phenolic OH excluding ortho intramolecular Hbond substituents is 1. The van der Waals surface area contributed by atoms with Gasteiger partial charge in [-0.25, -0.2) is 4.99 Å². The molecule has 0 aromatic heterocycles. The molecule has 28 heavy (non-hydrogen) atoms. The summed E-state index contributed by atoms with van der Waals surface area (Å²) >= 11 is 2.94. The van der Waals surface area contributed by atoms with E-state index in [4.69, 9.17) is 4.74 Å². The predicted octanol–water partition coefficient (Wildman–Crippen LogP) is 4.39. The lowest BCUT2D eigenvalue weighted by Gasteiger charge is -2.15. The third-order valence-electron chi connectivity index (χ3n) is 4.47. The number of fused-ring (bicyclic) bond motifs is 1. The first kappa shape index (κ1) is 18.8. The highest BCUT2D eigenvalue weighted by atomic mass is 32.2. The summed E-state index contributed by atoms with van der Waals surface area (Å²) in [7, 11) is 3.60. The molecule has 2 aliphatic heterocycles. The van der Waals surface area contributed by atoms with Gasteiger partial charge in [0.2, 0.25) is 0 Å². The number of ether oxygens (including phenoxy) is 1. The number of benzene rings is 2. The van der Waals surface area contributed by atoms with Crippen molar-refractivity contribution in [2.75, 3.05) is 25.6 Å². The molecule has 0 radical (unpaired) electrons. The monoisotopic (exact) mass is 413 g/mol. The summed E-state index contributed by atoms with van der Waals surface area (Å²) < 4.78 is 5.33. The van der Waals surface area contributed by atoms with Crippen LogP contribution in [0.1, 0.15) is 6.92 Å². The number of hydrogen-bond donors (Lipinski definition) is 1. The van der Waals surface area contributed by atoms with Gasteiger partial charge in [-0.05, 0) is 43.0 Å². The van der Waals surface area contributed by atoms with Crippen molar-refractivity contribution in [3.8, 4) is 11.5 Å². The van der Waals surface area contributed by atoms with E-state index in [0.29, 0.717) is 22.3 Å². The van der Waals surface area contributed by atoms with Crippen molar-refractivity contribution in [1.82, 2.24) is 4.90 Å². The fourth-order valence-electron chi connectivity index (χ4n) is 3.02. The fourth-order valence-corrected chi connectivity index (χ4v) is 5.41. The number of hydrogen-bond acceptors (Lipinski definition) is 7. The molecule has 1 amide bonds. The zero-order valence-corrected chi connectivity index (χ0v) is 17.3. The molecule has 0 spiro atoms. The van der Waals surface area contributed by atoms with Crippen molar-refractivity contribution in [2.45, 2.75) is 11.8 Å². The van der Waals surface area contributed by atoms with E-state index in [2.05, 4.69) is 4.99 Å². The molecule has 2 aliphatic rings. The third-order valence-corrected chi connectivity index (χ3v) is 6.90. The maximum atomic E-state index is 13.1. The van der Waals surface area contributed by atoms with Crippen LogP contribution < -0.4 is 9.64 Å². The minimum atomic E-state index is -0.0551. The first-order chi connectivity index (χ1) is 13.5. The Labute approximate surface area is 171 Å². The fraction of sp³-hybridized carbons (Fsp3) is 0.200. The van der Waals surface area contributed by atoms with E-state index in [0.717, 1.165) is 21.4 Å². The SMILES string of the molecule is CCN1C(=O)/C(=C2/Sc3ccc(OC)cc3N2C)SC1=Nc1cccc(O)c1. The molecule has 1 N–H and O–H groups in total. The number of phenols is 1. The van der Waals surface area contributed by atoms with Crippen molar-refractivity contribution in [3.63, 3.8) is 0 Å². The van der Waals surface area contributed by atoms with Crippen LogP contribution >= 0.6 is 23.5 Å². The molecule has 8 heteroatoms. The molecule has 0 atom stereocenters. The quantitative estimate of drug-likeness (QED) is 0.753. The lowest BCUT2D eigenvalue weighted by Crippen LogP contribution is -2.29. The highest BCUT2D eigenvalue weighted by Crippen LogP contribution is 2.51. The van der Waals surface area contributed by atoms with Gasteiger partial charge in [-0.15, -0.1) is 0 Å². The molecule has 0 saturated carbocycles. The highest BCUT2D eigenvalue weighted by Gasteiger charge is 2.38. The molecule has 2 aromatic carbocycles. The Balaban J connectivity index is 1.72. The van der Waals surface area contributed by atoms with Crippen molar-refractivity contribution in [1.29, 1.82) is 0 Å². The second-order valence-corrected chi connectivity index (χ2v) is 8.20. The Morgan fingerprint density at radius 3 is 2.71 bits per heavy atom. The lowest BCUT2D eigenvalue weighted by molar-refractivity contribution is -0.122. The maximum Gasteiger partial charge on any atom is 0.269 e. The minimum Gasteiger partial charge on any atom is -0.508 e. The van der Waals surface area contributed by atoms with Crippen LogP contribution in [-0.4, -0.2) is 41.8 Å². The summed E-state index contributed by atoms with van der Waals surface area (Å²) in [4.78, 5) is 23.1. The van der Waals surface area contributed by atoms with Gasteiger partial charge in [0.1, 0.15) is 16.4 Å². The van der Waals surface area contributed by atoms with Gasteiger partial charge in [0, 0.05) is 30.6 Å². The number of thioether (sulfide) groups is 2. The van der Waals surface area contributed by atoms with Gasteiger partial charge in [0.05, 0.1) is 23.5 Å². The normalized spacial score (nSPS) is 20.2. The van der Waals surface area contributed by atoms with Gasteiger partial charge in [0.25, 0.3) is 5.91 Å². The second-order valence-electron chi connectivity index (χ2n) is 6.19.